The Morgan fingerprint density at radius 2 is 1.97 bits per heavy atom. The molecule has 0 amide bonds. The predicted molar refractivity (Wildman–Crippen MR) is 123 cm³/mol. The molecular weight excluding hydrogens is 356 g/mol. The second kappa shape index (κ2) is 9.10. The number of aliphatic hydroxyl groups is 2. The van der Waals surface area contributed by atoms with Gasteiger partial charge in [-0.2, -0.15) is 0 Å². The van der Waals surface area contributed by atoms with Crippen LogP contribution in [0.5, 0.6) is 0 Å². The molecule has 3 aliphatic carbocycles. The highest BCUT2D eigenvalue weighted by Gasteiger charge is 2.50. The summed E-state index contributed by atoms with van der Waals surface area (Å²) in [6.07, 6.45) is 17.1. The number of fused-ring (bicyclic) bond motifs is 1. The van der Waals surface area contributed by atoms with Crippen LogP contribution in [0, 0.1) is 23.2 Å². The minimum Gasteiger partial charge on any atom is -0.390 e. The minimum atomic E-state index is -0.533. The Kier molecular flexibility index (Phi) is 7.16. The number of hydrogen-bond donors (Lipinski definition) is 2. The standard InChI is InChI=1S/C27H44O2/c1-19(8-6-16-26(3,4)29)23-14-15-24-22(9-7-17-27(23,24)5)13-12-21-11-10-20(2)25(28)18-21/h12-13,19,23-25,28-29H,2,6-11,14-18H2,1,3-5H3/b21-12-,22-13+/t19?,23?,24?,25-,27?/m1/s1. The van der Waals surface area contributed by atoms with Gasteiger partial charge in [0.2, 0.25) is 0 Å². The first-order valence-corrected chi connectivity index (χ1v) is 12.1. The van der Waals surface area contributed by atoms with Crippen LogP contribution in [0.1, 0.15) is 98.3 Å². The van der Waals surface area contributed by atoms with E-state index in [9.17, 15) is 10.2 Å². The lowest BCUT2D eigenvalue weighted by atomic mass is 9.60. The van der Waals surface area contributed by atoms with Crippen molar-refractivity contribution < 1.29 is 10.2 Å². The zero-order valence-corrected chi connectivity index (χ0v) is 19.3. The van der Waals surface area contributed by atoms with Gasteiger partial charge >= 0.3 is 0 Å². The van der Waals surface area contributed by atoms with Gasteiger partial charge in [-0.3, -0.25) is 0 Å². The highest BCUT2D eigenvalue weighted by atomic mass is 16.3. The molecule has 3 aliphatic rings. The van der Waals surface area contributed by atoms with E-state index in [2.05, 4.69) is 32.6 Å². The molecule has 4 unspecified atom stereocenters. The molecule has 0 radical (unpaired) electrons. The molecule has 0 aliphatic heterocycles. The third kappa shape index (κ3) is 5.44. The van der Waals surface area contributed by atoms with Crippen molar-refractivity contribution in [3.63, 3.8) is 0 Å². The molecule has 0 saturated heterocycles. The molecule has 2 nitrogen and oxygen atoms in total. The topological polar surface area (TPSA) is 40.5 Å². The average Bonchev–Trinajstić information content (AvgIpc) is 2.99. The summed E-state index contributed by atoms with van der Waals surface area (Å²) in [5, 5.41) is 20.1. The van der Waals surface area contributed by atoms with Crippen LogP contribution in [-0.2, 0) is 0 Å². The Morgan fingerprint density at radius 3 is 2.66 bits per heavy atom. The molecule has 0 aromatic carbocycles. The maximum atomic E-state index is 10.1. The second-order valence-corrected chi connectivity index (χ2v) is 11.2. The molecule has 0 heterocycles. The summed E-state index contributed by atoms with van der Waals surface area (Å²) < 4.78 is 0. The first kappa shape index (κ1) is 22.8. The summed E-state index contributed by atoms with van der Waals surface area (Å²) in [7, 11) is 0. The van der Waals surface area contributed by atoms with Gasteiger partial charge in [0.15, 0.2) is 0 Å². The quantitative estimate of drug-likeness (QED) is 0.485. The van der Waals surface area contributed by atoms with Crippen molar-refractivity contribution >= 4 is 0 Å². The van der Waals surface area contributed by atoms with Crippen LogP contribution in [-0.4, -0.2) is 21.9 Å². The maximum absolute atomic E-state index is 10.1. The lowest BCUT2D eigenvalue weighted by Crippen LogP contribution is -2.36. The van der Waals surface area contributed by atoms with E-state index in [1.165, 1.54) is 44.1 Å². The first-order valence-electron chi connectivity index (χ1n) is 12.1. The SMILES string of the molecule is C=C1CC/C(=C/C=C2\CCCC3(C)C2CCC3C(C)CCCC(C)(C)O)C[C@H]1O. The molecule has 164 valence electrons. The van der Waals surface area contributed by atoms with Crippen molar-refractivity contribution in [3.8, 4) is 0 Å². The van der Waals surface area contributed by atoms with Gasteiger partial charge in [0.25, 0.3) is 0 Å². The molecule has 3 saturated carbocycles. The van der Waals surface area contributed by atoms with Gasteiger partial charge in [0, 0.05) is 0 Å². The summed E-state index contributed by atoms with van der Waals surface area (Å²) >= 11 is 0. The third-order valence-corrected chi connectivity index (χ3v) is 8.40. The first-order chi connectivity index (χ1) is 13.6. The molecule has 2 N–H and O–H groups in total. The minimum absolute atomic E-state index is 0.342. The van der Waals surface area contributed by atoms with E-state index in [1.807, 2.05) is 13.8 Å². The number of aliphatic hydroxyl groups excluding tert-OH is 1. The molecule has 0 aromatic heterocycles. The Hall–Kier alpha value is -0.860. The Labute approximate surface area is 179 Å². The fourth-order valence-corrected chi connectivity index (χ4v) is 6.63. The summed E-state index contributed by atoms with van der Waals surface area (Å²) in [4.78, 5) is 0. The van der Waals surface area contributed by atoms with Crippen LogP contribution >= 0.6 is 0 Å². The monoisotopic (exact) mass is 400 g/mol. The van der Waals surface area contributed by atoms with E-state index >= 15 is 0 Å². The van der Waals surface area contributed by atoms with Gasteiger partial charge in [-0.25, -0.2) is 0 Å². The molecule has 3 fully saturated rings. The molecule has 0 aromatic rings. The van der Waals surface area contributed by atoms with E-state index < -0.39 is 5.60 Å². The van der Waals surface area contributed by atoms with Crippen LogP contribution in [0.15, 0.2) is 35.5 Å². The molecule has 5 atom stereocenters. The summed E-state index contributed by atoms with van der Waals surface area (Å²) in [6.45, 7) is 12.9. The number of rotatable bonds is 6. The van der Waals surface area contributed by atoms with Crippen molar-refractivity contribution in [2.45, 2.75) is 110 Å². The van der Waals surface area contributed by atoms with E-state index in [0.29, 0.717) is 5.41 Å². The van der Waals surface area contributed by atoms with E-state index in [1.54, 1.807) is 5.57 Å². The highest BCUT2D eigenvalue weighted by molar-refractivity contribution is 5.28. The van der Waals surface area contributed by atoms with E-state index in [-0.39, 0.29) is 6.10 Å². The predicted octanol–water partition coefficient (Wildman–Crippen LogP) is 6.73. The molecular formula is C27H44O2. The maximum Gasteiger partial charge on any atom is 0.0784 e. The van der Waals surface area contributed by atoms with Crippen LogP contribution in [0.25, 0.3) is 0 Å². The normalized spacial score (nSPS) is 37.2. The largest absolute Gasteiger partial charge is 0.390 e. The Balaban J connectivity index is 1.65. The van der Waals surface area contributed by atoms with Gasteiger partial charge in [-0.05, 0) is 100 Å². The molecule has 29 heavy (non-hydrogen) atoms. The zero-order chi connectivity index (χ0) is 21.2. The van der Waals surface area contributed by atoms with E-state index in [0.717, 1.165) is 55.4 Å². The van der Waals surface area contributed by atoms with Crippen LogP contribution in [0.3, 0.4) is 0 Å². The fraction of sp³-hybridized carbons (Fsp3) is 0.778. The van der Waals surface area contributed by atoms with Gasteiger partial charge in [0.05, 0.1) is 11.7 Å². The highest BCUT2D eigenvalue weighted by Crippen LogP contribution is 2.59. The van der Waals surface area contributed by atoms with E-state index in [4.69, 9.17) is 0 Å². The molecule has 0 spiro atoms. The molecule has 3 rings (SSSR count). The zero-order valence-electron chi connectivity index (χ0n) is 19.3. The summed E-state index contributed by atoms with van der Waals surface area (Å²) in [6, 6.07) is 0. The Morgan fingerprint density at radius 1 is 1.21 bits per heavy atom. The van der Waals surface area contributed by atoms with Crippen LogP contribution < -0.4 is 0 Å². The van der Waals surface area contributed by atoms with Gasteiger partial charge in [-0.1, -0.05) is 56.6 Å². The van der Waals surface area contributed by atoms with Gasteiger partial charge in [0.1, 0.15) is 0 Å². The van der Waals surface area contributed by atoms with Crippen molar-refractivity contribution in [1.82, 2.24) is 0 Å². The lowest BCUT2D eigenvalue weighted by Gasteiger charge is -2.44. The number of hydrogen-bond acceptors (Lipinski definition) is 2. The third-order valence-electron chi connectivity index (χ3n) is 8.40. The smallest absolute Gasteiger partial charge is 0.0784 e. The number of allylic oxidation sites excluding steroid dienone is 3. The van der Waals surface area contributed by atoms with Crippen LogP contribution in [0.2, 0.25) is 0 Å². The van der Waals surface area contributed by atoms with Gasteiger partial charge < -0.3 is 10.2 Å². The molecule has 2 heteroatoms. The summed E-state index contributed by atoms with van der Waals surface area (Å²) in [5.41, 5.74) is 3.96. The van der Waals surface area contributed by atoms with Crippen molar-refractivity contribution in [2.75, 3.05) is 0 Å². The molecule has 0 bridgehead atoms. The average molecular weight is 401 g/mol. The second-order valence-electron chi connectivity index (χ2n) is 11.2. The van der Waals surface area contributed by atoms with Crippen molar-refractivity contribution in [2.24, 2.45) is 23.2 Å². The van der Waals surface area contributed by atoms with Crippen molar-refractivity contribution in [1.29, 1.82) is 0 Å². The Bertz CT molecular complexity index is 650. The van der Waals surface area contributed by atoms with Gasteiger partial charge in [-0.15, -0.1) is 0 Å². The van der Waals surface area contributed by atoms with Crippen molar-refractivity contribution in [3.05, 3.63) is 35.5 Å². The van der Waals surface area contributed by atoms with Crippen LogP contribution in [0.4, 0.5) is 0 Å². The fourth-order valence-electron chi connectivity index (χ4n) is 6.63. The summed E-state index contributed by atoms with van der Waals surface area (Å²) in [5.74, 6) is 2.29. The lowest BCUT2D eigenvalue weighted by molar-refractivity contribution is 0.0596.